The number of imidazole rings is 2. The standard InChI is InChI=1S/C24H22ClFN4O3S.C17H17FN4.C7H6Cl2O3S/c1-33-22-9-8-17(15-19(22)25)34(31,32)29-13-10-16(11-14-29)30-23(18-5-2-3-6-20(18)26)28-21-7-4-12-27-24(21)30;18-14-5-2-1-4-13(14)16-21-15-6-3-9-20-17(15)22(16)12-7-10-19-11-8-12;8-7-3-6(13(9,11)12)2-1-5(7)4-10/h2-9,12,15-16H,10-11,13-14H2,1H3;1-6,9,12,19H,7-8,10-11H2;1-3,10H,4H2. The number of pyridine rings is 2. The second kappa shape index (κ2) is 21.6. The van der Waals surface area contributed by atoms with Gasteiger partial charge in [-0.3, -0.25) is 0 Å². The molecule has 360 valence electrons. The van der Waals surface area contributed by atoms with Crippen LogP contribution < -0.4 is 10.1 Å². The zero-order valence-electron chi connectivity index (χ0n) is 36.9. The molecule has 10 rings (SSSR count). The summed E-state index contributed by atoms with van der Waals surface area (Å²) in [6.07, 6.45) is 6.53. The van der Waals surface area contributed by atoms with Crippen LogP contribution >= 0.6 is 33.9 Å². The highest BCUT2D eigenvalue weighted by Crippen LogP contribution is 2.37. The number of nitrogens with zero attached hydrogens (tertiary/aromatic N) is 7. The molecule has 4 aromatic heterocycles. The molecule has 0 amide bonds. The first-order valence-electron chi connectivity index (χ1n) is 21.7. The topological polar surface area (TPSA) is 174 Å². The van der Waals surface area contributed by atoms with Gasteiger partial charge in [0.1, 0.15) is 40.1 Å². The molecule has 0 saturated carbocycles. The molecule has 69 heavy (non-hydrogen) atoms. The molecule has 0 spiro atoms. The lowest BCUT2D eigenvalue weighted by atomic mass is 10.1. The lowest BCUT2D eigenvalue weighted by Crippen LogP contribution is -2.39. The van der Waals surface area contributed by atoms with Gasteiger partial charge in [-0.15, -0.1) is 0 Å². The van der Waals surface area contributed by atoms with E-state index in [0.717, 1.165) is 37.1 Å². The number of ether oxygens (including phenoxy) is 1. The fourth-order valence-electron chi connectivity index (χ4n) is 8.39. The van der Waals surface area contributed by atoms with Crippen molar-refractivity contribution in [3.63, 3.8) is 0 Å². The van der Waals surface area contributed by atoms with Crippen LogP contribution in [0.2, 0.25) is 10.0 Å². The van der Waals surface area contributed by atoms with Crippen LogP contribution in [0, 0.1) is 11.6 Å². The molecule has 2 N–H and O–H groups in total. The van der Waals surface area contributed by atoms with Crippen LogP contribution in [0.4, 0.5) is 8.78 Å². The molecule has 4 aromatic carbocycles. The Morgan fingerprint density at radius 1 is 0.681 bits per heavy atom. The summed E-state index contributed by atoms with van der Waals surface area (Å²) in [4.78, 5) is 18.4. The van der Waals surface area contributed by atoms with Crippen molar-refractivity contribution in [3.8, 4) is 28.5 Å². The number of hydrogen-bond acceptors (Lipinski definition) is 11. The van der Waals surface area contributed by atoms with Crippen LogP contribution in [0.5, 0.6) is 5.75 Å². The Bertz CT molecular complexity index is 3350. The molecule has 2 saturated heterocycles. The molecular formula is C48H45Cl3F2N8O6S2. The molecule has 0 bridgehead atoms. The fourth-order valence-corrected chi connectivity index (χ4v) is 11.3. The summed E-state index contributed by atoms with van der Waals surface area (Å²) in [5.74, 6) is 0.983. The Morgan fingerprint density at radius 2 is 1.19 bits per heavy atom. The summed E-state index contributed by atoms with van der Waals surface area (Å²) in [5.41, 5.74) is 4.38. The summed E-state index contributed by atoms with van der Waals surface area (Å²) in [6.45, 7) is 2.31. The molecule has 6 heterocycles. The van der Waals surface area contributed by atoms with E-state index in [1.54, 1.807) is 54.9 Å². The predicted molar refractivity (Wildman–Crippen MR) is 262 cm³/mol. The number of aliphatic hydroxyl groups excluding tert-OH is 1. The average molecular weight is 1040 g/mol. The van der Waals surface area contributed by atoms with E-state index in [-0.39, 0.29) is 44.1 Å². The van der Waals surface area contributed by atoms with E-state index in [0.29, 0.717) is 77.2 Å². The highest BCUT2D eigenvalue weighted by Gasteiger charge is 2.33. The van der Waals surface area contributed by atoms with Gasteiger partial charge in [0.15, 0.2) is 11.3 Å². The second-order valence-electron chi connectivity index (χ2n) is 16.0. The summed E-state index contributed by atoms with van der Waals surface area (Å²) < 4.78 is 87.7. The first kappa shape index (κ1) is 49.8. The van der Waals surface area contributed by atoms with Gasteiger partial charge in [0.2, 0.25) is 10.0 Å². The van der Waals surface area contributed by atoms with E-state index in [1.807, 2.05) is 28.8 Å². The van der Waals surface area contributed by atoms with Gasteiger partial charge < -0.3 is 24.3 Å². The molecule has 8 aromatic rings. The minimum absolute atomic E-state index is 0.0728. The number of rotatable bonds is 9. The Kier molecular flexibility index (Phi) is 15.6. The summed E-state index contributed by atoms with van der Waals surface area (Å²) >= 11 is 11.8. The SMILES string of the molecule is COc1ccc(S(=O)(=O)N2CCC(n3c(-c4ccccc4F)nc4cccnc43)CC2)cc1Cl.Fc1ccccc1-c1nc2cccnc2n1C1CCNCC1.O=S(=O)(Cl)c1ccc(CO)c(Cl)c1. The first-order chi connectivity index (χ1) is 33.2. The maximum atomic E-state index is 14.7. The summed E-state index contributed by atoms with van der Waals surface area (Å²) in [7, 11) is -0.911. The van der Waals surface area contributed by atoms with Crippen molar-refractivity contribution in [2.24, 2.45) is 0 Å². The monoisotopic (exact) mass is 1040 g/mol. The maximum absolute atomic E-state index is 14.7. The molecule has 0 aliphatic carbocycles. The number of piperidine rings is 2. The highest BCUT2D eigenvalue weighted by molar-refractivity contribution is 8.13. The maximum Gasteiger partial charge on any atom is 0.261 e. The number of fused-ring (bicyclic) bond motifs is 2. The number of methoxy groups -OCH3 is 1. The van der Waals surface area contributed by atoms with E-state index in [1.165, 1.54) is 53.9 Å². The second-order valence-corrected chi connectivity index (χ2v) is 21.3. The van der Waals surface area contributed by atoms with Gasteiger partial charge in [-0.05, 0) is 123 Å². The number of nitrogens with one attached hydrogen (secondary N) is 1. The third-order valence-electron chi connectivity index (χ3n) is 11.8. The van der Waals surface area contributed by atoms with Crippen LogP contribution in [-0.2, 0) is 25.7 Å². The molecule has 21 heteroatoms. The van der Waals surface area contributed by atoms with E-state index < -0.39 is 19.1 Å². The van der Waals surface area contributed by atoms with Gasteiger partial charge in [-0.25, -0.2) is 45.6 Å². The van der Waals surface area contributed by atoms with E-state index in [2.05, 4.69) is 29.8 Å². The summed E-state index contributed by atoms with van der Waals surface area (Å²) in [6, 6.07) is 29.3. The number of aromatic nitrogens is 6. The number of sulfonamides is 1. The van der Waals surface area contributed by atoms with Crippen LogP contribution in [0.25, 0.3) is 45.1 Å². The molecule has 14 nitrogen and oxygen atoms in total. The lowest BCUT2D eigenvalue weighted by Gasteiger charge is -2.32. The van der Waals surface area contributed by atoms with E-state index in [4.69, 9.17) is 43.7 Å². The lowest BCUT2D eigenvalue weighted by molar-refractivity contribution is 0.278. The van der Waals surface area contributed by atoms with Crippen molar-refractivity contribution in [2.45, 2.75) is 54.2 Å². The average Bonchev–Trinajstić information content (AvgIpc) is 3.94. The van der Waals surface area contributed by atoms with E-state index in [9.17, 15) is 25.6 Å². The van der Waals surface area contributed by atoms with Gasteiger partial charge in [-0.2, -0.15) is 4.31 Å². The van der Waals surface area contributed by atoms with Crippen LogP contribution in [-0.4, -0.2) is 88.6 Å². The fraction of sp³-hybridized carbons (Fsp3) is 0.250. The largest absolute Gasteiger partial charge is 0.495 e. The summed E-state index contributed by atoms with van der Waals surface area (Å²) in [5, 5.41) is 12.5. The minimum atomic E-state index is -3.74. The van der Waals surface area contributed by atoms with Crippen LogP contribution in [0.1, 0.15) is 43.3 Å². The van der Waals surface area contributed by atoms with Crippen molar-refractivity contribution in [3.05, 3.63) is 149 Å². The molecule has 0 radical (unpaired) electrons. The van der Waals surface area contributed by atoms with E-state index >= 15 is 0 Å². The Hall–Kier alpha value is -5.57. The molecule has 2 fully saturated rings. The quantitative estimate of drug-likeness (QED) is 0.132. The van der Waals surface area contributed by atoms with Crippen molar-refractivity contribution in [1.29, 1.82) is 0 Å². The van der Waals surface area contributed by atoms with Gasteiger partial charge in [0.05, 0.1) is 39.7 Å². The zero-order chi connectivity index (χ0) is 48.9. The van der Waals surface area contributed by atoms with Crippen LogP contribution in [0.15, 0.2) is 131 Å². The predicted octanol–water partition coefficient (Wildman–Crippen LogP) is 9.85. The van der Waals surface area contributed by atoms with Gasteiger partial charge in [0.25, 0.3) is 9.05 Å². The Labute approximate surface area is 412 Å². The first-order valence-corrected chi connectivity index (χ1v) is 26.2. The van der Waals surface area contributed by atoms with Gasteiger partial charge in [0, 0.05) is 53.3 Å². The molecule has 0 unspecified atom stereocenters. The van der Waals surface area contributed by atoms with Crippen molar-refractivity contribution < 1.29 is 35.5 Å². The van der Waals surface area contributed by atoms with Gasteiger partial charge in [-0.1, -0.05) is 53.5 Å². The number of halogens is 5. The van der Waals surface area contributed by atoms with Crippen LogP contribution in [0.3, 0.4) is 0 Å². The highest BCUT2D eigenvalue weighted by atomic mass is 35.7. The molecule has 0 atom stereocenters. The Balaban J connectivity index is 0.000000156. The number of hydrogen-bond donors (Lipinski definition) is 2. The third-order valence-corrected chi connectivity index (χ3v) is 15.7. The Morgan fingerprint density at radius 3 is 1.67 bits per heavy atom. The van der Waals surface area contributed by atoms with Crippen molar-refractivity contribution >= 4 is 75.3 Å². The molecule has 2 aliphatic rings. The van der Waals surface area contributed by atoms with Crippen molar-refractivity contribution in [2.75, 3.05) is 33.3 Å². The number of aliphatic hydroxyl groups is 1. The zero-order valence-corrected chi connectivity index (χ0v) is 40.8. The normalized spacial score (nSPS) is 15.1. The van der Waals surface area contributed by atoms with Gasteiger partial charge >= 0.3 is 0 Å². The molecule has 2 aliphatic heterocycles. The third kappa shape index (κ3) is 10.9. The molecular weight excluding hydrogens is 993 g/mol. The smallest absolute Gasteiger partial charge is 0.261 e. The number of benzene rings is 4. The minimum Gasteiger partial charge on any atom is -0.495 e. The van der Waals surface area contributed by atoms with Crippen molar-refractivity contribution in [1.82, 2.24) is 38.7 Å².